The molecule has 0 aliphatic carbocycles. The van der Waals surface area contributed by atoms with Crippen LogP contribution in [0.5, 0.6) is 5.75 Å². The normalized spacial score (nSPS) is 17.1. The van der Waals surface area contributed by atoms with Gasteiger partial charge in [-0.1, -0.05) is 42.5 Å². The number of amides is 2. The lowest BCUT2D eigenvalue weighted by Crippen LogP contribution is -2.63. The summed E-state index contributed by atoms with van der Waals surface area (Å²) in [4.78, 5) is 30.3. The van der Waals surface area contributed by atoms with Crippen LogP contribution >= 0.6 is 11.3 Å². The SMILES string of the molecule is COc1ccc(CNC(=O)C2(C)Cn3nc(-c4cccs4)cc3C(=O)N2Cc2ccccc2C)cc1. The molecule has 5 rings (SSSR count). The molecular weight excluding hydrogens is 472 g/mol. The van der Waals surface area contributed by atoms with Crippen LogP contribution < -0.4 is 10.1 Å². The predicted octanol–water partition coefficient (Wildman–Crippen LogP) is 4.66. The van der Waals surface area contributed by atoms with Gasteiger partial charge in [0.1, 0.15) is 22.7 Å². The van der Waals surface area contributed by atoms with E-state index < -0.39 is 5.54 Å². The fourth-order valence-electron chi connectivity index (χ4n) is 4.51. The molecule has 2 aromatic carbocycles. The molecule has 36 heavy (non-hydrogen) atoms. The summed E-state index contributed by atoms with van der Waals surface area (Å²) < 4.78 is 6.90. The predicted molar refractivity (Wildman–Crippen MR) is 140 cm³/mol. The minimum absolute atomic E-state index is 0.207. The number of carbonyl (C=O) groups excluding carboxylic acids is 2. The van der Waals surface area contributed by atoms with Crippen LogP contribution in [0.4, 0.5) is 0 Å². The van der Waals surface area contributed by atoms with Crippen molar-refractivity contribution < 1.29 is 14.3 Å². The first kappa shape index (κ1) is 23.8. The first-order valence-corrected chi connectivity index (χ1v) is 12.7. The fourth-order valence-corrected chi connectivity index (χ4v) is 5.19. The average molecular weight is 501 g/mol. The van der Waals surface area contributed by atoms with Crippen LogP contribution in [0.1, 0.15) is 34.1 Å². The van der Waals surface area contributed by atoms with Crippen LogP contribution in [0.25, 0.3) is 10.6 Å². The third-order valence-corrected chi connectivity index (χ3v) is 7.65. The first-order valence-electron chi connectivity index (χ1n) is 11.8. The van der Waals surface area contributed by atoms with Crippen molar-refractivity contribution in [2.45, 2.75) is 39.0 Å². The van der Waals surface area contributed by atoms with E-state index in [1.165, 1.54) is 0 Å². The molecule has 0 fully saturated rings. The van der Waals surface area contributed by atoms with Crippen LogP contribution in [0, 0.1) is 6.92 Å². The van der Waals surface area contributed by atoms with Crippen LogP contribution in [0.15, 0.2) is 72.1 Å². The molecule has 1 aliphatic heterocycles. The second-order valence-electron chi connectivity index (χ2n) is 9.17. The lowest BCUT2D eigenvalue weighted by Gasteiger charge is -2.43. The lowest BCUT2D eigenvalue weighted by molar-refractivity contribution is -0.133. The number of carbonyl (C=O) groups is 2. The Morgan fingerprint density at radius 3 is 2.61 bits per heavy atom. The van der Waals surface area contributed by atoms with Crippen molar-refractivity contribution in [3.05, 3.63) is 94.5 Å². The highest BCUT2D eigenvalue weighted by Crippen LogP contribution is 2.33. The number of hydrogen-bond donors (Lipinski definition) is 1. The molecule has 0 saturated heterocycles. The Morgan fingerprint density at radius 2 is 1.92 bits per heavy atom. The molecule has 1 unspecified atom stereocenters. The van der Waals surface area contributed by atoms with Gasteiger partial charge in [0, 0.05) is 13.1 Å². The highest BCUT2D eigenvalue weighted by atomic mass is 32.1. The standard InChI is InChI=1S/C28H28N4O3S/c1-19-7-4-5-8-21(19)17-31-26(33)24-15-23(25-9-6-14-36-25)30-32(24)18-28(31,2)27(34)29-16-20-10-12-22(35-3)13-11-20/h4-15H,16-18H2,1-3H3,(H,29,34). The molecule has 0 radical (unpaired) electrons. The number of aromatic nitrogens is 2. The van der Waals surface area contributed by atoms with Gasteiger partial charge in [-0.3, -0.25) is 14.3 Å². The quantitative estimate of drug-likeness (QED) is 0.401. The molecule has 8 heteroatoms. The Hall–Kier alpha value is -3.91. The molecule has 4 aromatic rings. The zero-order valence-electron chi connectivity index (χ0n) is 20.5. The molecule has 0 saturated carbocycles. The smallest absolute Gasteiger partial charge is 0.273 e. The van der Waals surface area contributed by atoms with Gasteiger partial charge in [0.05, 0.1) is 18.5 Å². The van der Waals surface area contributed by atoms with Gasteiger partial charge >= 0.3 is 0 Å². The van der Waals surface area contributed by atoms with Gasteiger partial charge < -0.3 is 15.0 Å². The summed E-state index contributed by atoms with van der Waals surface area (Å²) in [5.41, 5.74) is 3.13. The number of benzene rings is 2. The molecular formula is C28H28N4O3S. The van der Waals surface area contributed by atoms with Crippen LogP contribution in [0.3, 0.4) is 0 Å². The summed E-state index contributed by atoms with van der Waals surface area (Å²) in [5.74, 6) is 0.327. The first-order chi connectivity index (χ1) is 17.4. The van der Waals surface area contributed by atoms with E-state index in [-0.39, 0.29) is 18.4 Å². The maximum absolute atomic E-state index is 13.9. The number of thiophene rings is 1. The Morgan fingerprint density at radius 1 is 1.14 bits per heavy atom. The van der Waals surface area contributed by atoms with E-state index in [4.69, 9.17) is 9.84 Å². The van der Waals surface area contributed by atoms with E-state index in [0.717, 1.165) is 33.0 Å². The molecule has 3 heterocycles. The number of aryl methyl sites for hydroxylation is 1. The maximum atomic E-state index is 13.9. The van der Waals surface area contributed by atoms with E-state index >= 15 is 0 Å². The second-order valence-corrected chi connectivity index (χ2v) is 10.1. The molecule has 0 spiro atoms. The Kier molecular flexibility index (Phi) is 6.36. The zero-order valence-corrected chi connectivity index (χ0v) is 21.3. The molecule has 7 nitrogen and oxygen atoms in total. The zero-order chi connectivity index (χ0) is 25.3. The number of nitrogens with zero attached hydrogens (tertiary/aromatic N) is 3. The Labute approximate surface area is 214 Å². The van der Waals surface area contributed by atoms with Gasteiger partial charge in [0.25, 0.3) is 5.91 Å². The Balaban J connectivity index is 1.47. The minimum atomic E-state index is -1.13. The second kappa shape index (κ2) is 9.62. The van der Waals surface area contributed by atoms with Crippen LogP contribution in [-0.4, -0.2) is 39.1 Å². The van der Waals surface area contributed by atoms with Crippen molar-refractivity contribution in [2.75, 3.05) is 7.11 Å². The van der Waals surface area contributed by atoms with Gasteiger partial charge in [-0.05, 0) is 60.2 Å². The van der Waals surface area contributed by atoms with Crippen LogP contribution in [0.2, 0.25) is 0 Å². The summed E-state index contributed by atoms with van der Waals surface area (Å²) in [6.07, 6.45) is 0. The van der Waals surface area contributed by atoms with E-state index in [0.29, 0.717) is 18.8 Å². The largest absolute Gasteiger partial charge is 0.497 e. The minimum Gasteiger partial charge on any atom is -0.497 e. The van der Waals surface area contributed by atoms with Crippen molar-refractivity contribution in [1.29, 1.82) is 0 Å². The highest BCUT2D eigenvalue weighted by molar-refractivity contribution is 7.13. The summed E-state index contributed by atoms with van der Waals surface area (Å²) in [6, 6.07) is 21.3. The summed E-state index contributed by atoms with van der Waals surface area (Å²) in [5, 5.41) is 9.74. The molecule has 184 valence electrons. The van der Waals surface area contributed by atoms with Crippen molar-refractivity contribution >= 4 is 23.2 Å². The third kappa shape index (κ3) is 4.40. The van der Waals surface area contributed by atoms with Gasteiger partial charge in [-0.15, -0.1) is 11.3 Å². The van der Waals surface area contributed by atoms with E-state index in [1.807, 2.05) is 86.0 Å². The maximum Gasteiger partial charge on any atom is 0.273 e. The van der Waals surface area contributed by atoms with Crippen molar-refractivity contribution in [2.24, 2.45) is 0 Å². The lowest BCUT2D eigenvalue weighted by atomic mass is 9.93. The van der Waals surface area contributed by atoms with Crippen molar-refractivity contribution in [1.82, 2.24) is 20.0 Å². The molecule has 2 amide bonds. The van der Waals surface area contributed by atoms with Gasteiger partial charge in [-0.25, -0.2) is 0 Å². The molecule has 1 N–H and O–H groups in total. The molecule has 2 aromatic heterocycles. The number of hydrogen-bond acceptors (Lipinski definition) is 5. The summed E-state index contributed by atoms with van der Waals surface area (Å²) in [6.45, 7) is 4.78. The van der Waals surface area contributed by atoms with E-state index in [1.54, 1.807) is 28.0 Å². The number of fused-ring (bicyclic) bond motifs is 1. The third-order valence-electron chi connectivity index (χ3n) is 6.76. The molecule has 0 bridgehead atoms. The van der Waals surface area contributed by atoms with E-state index in [2.05, 4.69) is 5.32 Å². The summed E-state index contributed by atoms with van der Waals surface area (Å²) in [7, 11) is 1.62. The fraction of sp³-hybridized carbons (Fsp3) is 0.250. The number of methoxy groups -OCH3 is 1. The van der Waals surface area contributed by atoms with Gasteiger partial charge in [0.2, 0.25) is 5.91 Å². The van der Waals surface area contributed by atoms with Crippen LogP contribution in [-0.2, 0) is 24.4 Å². The summed E-state index contributed by atoms with van der Waals surface area (Å²) >= 11 is 1.57. The number of ether oxygens (including phenoxy) is 1. The van der Waals surface area contributed by atoms with Gasteiger partial charge in [0.15, 0.2) is 0 Å². The number of nitrogens with one attached hydrogen (secondary N) is 1. The van der Waals surface area contributed by atoms with E-state index in [9.17, 15) is 9.59 Å². The topological polar surface area (TPSA) is 76.5 Å². The molecule has 1 atom stereocenters. The Bertz CT molecular complexity index is 1390. The average Bonchev–Trinajstić information content (AvgIpc) is 3.57. The van der Waals surface area contributed by atoms with Crippen molar-refractivity contribution in [3.8, 4) is 16.3 Å². The van der Waals surface area contributed by atoms with Crippen molar-refractivity contribution in [3.63, 3.8) is 0 Å². The highest BCUT2D eigenvalue weighted by Gasteiger charge is 2.48. The number of rotatable bonds is 7. The molecule has 1 aliphatic rings. The van der Waals surface area contributed by atoms with Gasteiger partial charge in [-0.2, -0.15) is 5.10 Å². The monoisotopic (exact) mass is 500 g/mol.